The van der Waals surface area contributed by atoms with Crippen LogP contribution in [0.2, 0.25) is 0 Å². The van der Waals surface area contributed by atoms with Gasteiger partial charge in [-0.2, -0.15) is 4.80 Å². The van der Waals surface area contributed by atoms with Crippen LogP contribution in [0, 0.1) is 0 Å². The number of phenolic OH excluding ortho intramolecular Hbond substituents is 1. The lowest BCUT2D eigenvalue weighted by Crippen LogP contribution is -2.05. The van der Waals surface area contributed by atoms with Gasteiger partial charge in [0.25, 0.3) is 0 Å². The van der Waals surface area contributed by atoms with Gasteiger partial charge in [-0.25, -0.2) is 0 Å². The molecule has 0 amide bonds. The molecule has 4 rings (SSSR count). The fraction of sp³-hybridized carbons (Fsp3) is 0.357. The number of aryl methyl sites for hydroxylation is 2. The summed E-state index contributed by atoms with van der Waals surface area (Å²) in [6.07, 6.45) is 8.97. The average molecular weight is 428 g/mol. The zero-order chi connectivity index (χ0) is 22.3. The predicted octanol–water partition coefficient (Wildman–Crippen LogP) is 7.26. The van der Waals surface area contributed by atoms with Gasteiger partial charge in [0.15, 0.2) is 0 Å². The minimum Gasteiger partial charge on any atom is -0.507 e. The third-order valence-corrected chi connectivity index (χ3v) is 6.08. The molecule has 0 atom stereocenters. The van der Waals surface area contributed by atoms with Crippen molar-refractivity contribution in [2.24, 2.45) is 0 Å². The Morgan fingerprint density at radius 2 is 1.25 bits per heavy atom. The Bertz CT molecular complexity index is 1110. The Balaban J connectivity index is 1.86. The second-order valence-electron chi connectivity index (χ2n) is 8.55. The second kappa shape index (κ2) is 10.4. The highest BCUT2D eigenvalue weighted by Gasteiger charge is 2.17. The smallest absolute Gasteiger partial charge is 0.123 e. The lowest BCUT2D eigenvalue weighted by Gasteiger charge is -2.18. The van der Waals surface area contributed by atoms with E-state index in [1.165, 1.54) is 42.4 Å². The first-order valence-electron chi connectivity index (χ1n) is 12.0. The lowest BCUT2D eigenvalue weighted by molar-refractivity contribution is 0.477. The van der Waals surface area contributed by atoms with Gasteiger partial charge in [-0.1, -0.05) is 69.9 Å². The Kier molecular flexibility index (Phi) is 7.21. The summed E-state index contributed by atoms with van der Waals surface area (Å²) >= 11 is 0. The van der Waals surface area contributed by atoms with Crippen molar-refractivity contribution in [2.75, 3.05) is 0 Å². The summed E-state index contributed by atoms with van der Waals surface area (Å²) in [6.45, 7) is 4.46. The number of para-hydroxylation sites is 1. The highest BCUT2D eigenvalue weighted by molar-refractivity contribution is 5.78. The molecule has 0 aliphatic carbocycles. The van der Waals surface area contributed by atoms with E-state index in [2.05, 4.69) is 26.0 Å². The molecule has 3 aromatic carbocycles. The van der Waals surface area contributed by atoms with E-state index in [9.17, 15) is 5.11 Å². The van der Waals surface area contributed by atoms with E-state index in [0.29, 0.717) is 5.75 Å². The van der Waals surface area contributed by atoms with Crippen molar-refractivity contribution in [3.8, 4) is 22.6 Å². The number of rotatable bonds is 10. The number of hydrogen-bond donors (Lipinski definition) is 1. The van der Waals surface area contributed by atoms with Gasteiger partial charge in [0, 0.05) is 5.56 Å². The summed E-state index contributed by atoms with van der Waals surface area (Å²) < 4.78 is 0. The number of phenols is 1. The van der Waals surface area contributed by atoms with Gasteiger partial charge in [-0.3, -0.25) is 0 Å². The number of hydrogen-bond acceptors (Lipinski definition) is 3. The van der Waals surface area contributed by atoms with Gasteiger partial charge < -0.3 is 5.11 Å². The summed E-state index contributed by atoms with van der Waals surface area (Å²) in [5.74, 6) is 0.344. The maximum absolute atomic E-state index is 10.7. The van der Waals surface area contributed by atoms with Crippen molar-refractivity contribution in [2.45, 2.75) is 65.2 Å². The van der Waals surface area contributed by atoms with Crippen LogP contribution in [-0.2, 0) is 12.8 Å². The largest absolute Gasteiger partial charge is 0.507 e. The first-order chi connectivity index (χ1) is 15.7. The Morgan fingerprint density at radius 3 is 1.78 bits per heavy atom. The van der Waals surface area contributed by atoms with Crippen LogP contribution in [0.1, 0.15) is 63.5 Å². The van der Waals surface area contributed by atoms with E-state index in [0.717, 1.165) is 48.0 Å². The van der Waals surface area contributed by atoms with Crippen LogP contribution >= 0.6 is 0 Å². The molecule has 0 aliphatic heterocycles. The predicted molar refractivity (Wildman–Crippen MR) is 132 cm³/mol. The molecule has 0 bridgehead atoms. The number of benzene rings is 3. The summed E-state index contributed by atoms with van der Waals surface area (Å²) in [5, 5.41) is 20.2. The number of unbranched alkanes of at least 4 members (excludes halogenated alkanes) is 4. The van der Waals surface area contributed by atoms with Crippen LogP contribution in [0.25, 0.3) is 27.8 Å². The monoisotopic (exact) mass is 427 g/mol. The van der Waals surface area contributed by atoms with Crippen LogP contribution < -0.4 is 0 Å². The molecule has 0 saturated carbocycles. The van der Waals surface area contributed by atoms with E-state index in [4.69, 9.17) is 10.2 Å². The van der Waals surface area contributed by atoms with E-state index in [1.807, 2.05) is 42.5 Å². The zero-order valence-corrected chi connectivity index (χ0v) is 19.2. The van der Waals surface area contributed by atoms with Crippen molar-refractivity contribution < 1.29 is 5.11 Å². The van der Waals surface area contributed by atoms with Crippen LogP contribution in [0.15, 0.2) is 60.7 Å². The third-order valence-electron chi connectivity index (χ3n) is 6.08. The topological polar surface area (TPSA) is 50.9 Å². The molecule has 1 heterocycles. The molecule has 0 unspecified atom stereocenters. The zero-order valence-electron chi connectivity index (χ0n) is 19.2. The van der Waals surface area contributed by atoms with Crippen LogP contribution in [0.4, 0.5) is 0 Å². The van der Waals surface area contributed by atoms with Gasteiger partial charge in [0.1, 0.15) is 16.8 Å². The quantitative estimate of drug-likeness (QED) is 0.271. The van der Waals surface area contributed by atoms with Crippen LogP contribution in [-0.4, -0.2) is 20.1 Å². The van der Waals surface area contributed by atoms with Crippen molar-refractivity contribution in [3.05, 3.63) is 71.8 Å². The summed E-state index contributed by atoms with van der Waals surface area (Å²) in [4.78, 5) is 1.77. The molecule has 1 N–H and O–H groups in total. The van der Waals surface area contributed by atoms with Crippen LogP contribution in [0.5, 0.6) is 5.75 Å². The van der Waals surface area contributed by atoms with Crippen molar-refractivity contribution in [3.63, 3.8) is 0 Å². The fourth-order valence-corrected chi connectivity index (χ4v) is 4.40. The molecular formula is C28H33N3O. The van der Waals surface area contributed by atoms with Gasteiger partial charge >= 0.3 is 0 Å². The first kappa shape index (κ1) is 22.1. The van der Waals surface area contributed by atoms with Gasteiger partial charge in [-0.05, 0) is 72.7 Å². The highest BCUT2D eigenvalue weighted by Crippen LogP contribution is 2.37. The molecule has 32 heavy (non-hydrogen) atoms. The molecule has 0 spiro atoms. The van der Waals surface area contributed by atoms with Crippen LogP contribution in [0.3, 0.4) is 0 Å². The molecule has 4 nitrogen and oxygen atoms in total. The molecule has 4 aromatic rings. The number of aromatic nitrogens is 3. The summed E-state index contributed by atoms with van der Waals surface area (Å²) in [7, 11) is 0. The number of aromatic hydroxyl groups is 1. The average Bonchev–Trinajstić information content (AvgIpc) is 3.24. The maximum atomic E-state index is 10.7. The van der Waals surface area contributed by atoms with E-state index < -0.39 is 0 Å². The van der Waals surface area contributed by atoms with Gasteiger partial charge in [0.05, 0.1) is 5.69 Å². The van der Waals surface area contributed by atoms with E-state index in [-0.39, 0.29) is 0 Å². The molecule has 1 aromatic heterocycles. The van der Waals surface area contributed by atoms with E-state index >= 15 is 0 Å². The molecular weight excluding hydrogens is 394 g/mol. The Morgan fingerprint density at radius 1 is 0.719 bits per heavy atom. The second-order valence-corrected chi connectivity index (χ2v) is 8.55. The van der Waals surface area contributed by atoms with Crippen molar-refractivity contribution in [1.29, 1.82) is 0 Å². The molecule has 0 aliphatic rings. The SMILES string of the molecule is CCCCCc1cc(-n2nc3ccccc3n2)cc(CCCCC)c1-c1ccccc1O. The first-order valence-corrected chi connectivity index (χ1v) is 12.0. The minimum absolute atomic E-state index is 0.344. The lowest BCUT2D eigenvalue weighted by atomic mass is 9.88. The molecule has 0 radical (unpaired) electrons. The van der Waals surface area contributed by atoms with Gasteiger partial charge in [0.2, 0.25) is 0 Å². The Hall–Kier alpha value is -3.14. The van der Waals surface area contributed by atoms with E-state index in [1.54, 1.807) is 10.9 Å². The molecule has 0 saturated heterocycles. The summed E-state index contributed by atoms with van der Waals surface area (Å²) in [5.41, 5.74) is 7.45. The molecule has 4 heteroatoms. The standard InChI is InChI=1S/C28H33N3O/c1-3-5-7-13-21-19-23(31-29-25-16-10-11-17-26(25)30-31)20-22(14-8-6-4-2)28(21)24-15-9-12-18-27(24)32/h9-12,15-20,32H,3-8,13-14H2,1-2H3. The van der Waals surface area contributed by atoms with Gasteiger partial charge in [-0.15, -0.1) is 10.2 Å². The highest BCUT2D eigenvalue weighted by atomic mass is 16.3. The van der Waals surface area contributed by atoms with Crippen molar-refractivity contribution >= 4 is 11.0 Å². The van der Waals surface area contributed by atoms with Crippen molar-refractivity contribution in [1.82, 2.24) is 15.0 Å². The number of fused-ring (bicyclic) bond motifs is 1. The fourth-order valence-electron chi connectivity index (χ4n) is 4.40. The molecule has 0 fully saturated rings. The molecule has 166 valence electrons. The minimum atomic E-state index is 0.344. The maximum Gasteiger partial charge on any atom is 0.123 e. The normalized spacial score (nSPS) is 11.3. The summed E-state index contributed by atoms with van der Waals surface area (Å²) in [6, 6.07) is 20.2. The Labute approximate surface area is 190 Å². The third kappa shape index (κ3) is 4.85. The number of nitrogens with zero attached hydrogens (tertiary/aromatic N) is 3.